The molecule has 0 aliphatic heterocycles. The number of thioether (sulfide) groups is 1. The van der Waals surface area contributed by atoms with Crippen molar-refractivity contribution in [2.75, 3.05) is 19.0 Å². The van der Waals surface area contributed by atoms with Crippen LogP contribution in [-0.2, 0) is 14.1 Å². The maximum absolute atomic E-state index is 12.6. The van der Waals surface area contributed by atoms with Gasteiger partial charge in [0.25, 0.3) is 0 Å². The van der Waals surface area contributed by atoms with Crippen molar-refractivity contribution in [3.8, 4) is 5.75 Å². The van der Waals surface area contributed by atoms with Gasteiger partial charge in [-0.15, -0.1) is 11.8 Å². The molecule has 1 saturated carbocycles. The zero-order valence-corrected chi connectivity index (χ0v) is 18.5. The second-order valence-electron chi connectivity index (χ2n) is 7.09. The first-order valence-electron chi connectivity index (χ1n) is 10.2. The van der Waals surface area contributed by atoms with Gasteiger partial charge < -0.3 is 14.0 Å². The molecule has 152 valence electrons. The first-order chi connectivity index (χ1) is 13.2. The molecule has 1 fully saturated rings. The fraction of sp³-hybridized carbons (Fsp3) is 0.667. The first kappa shape index (κ1) is 22.4. The van der Waals surface area contributed by atoms with E-state index < -0.39 is 8.46 Å². The monoisotopic (exact) mass is 412 g/mol. The Labute approximate surface area is 169 Å². The van der Waals surface area contributed by atoms with Crippen LogP contribution < -0.4 is 4.74 Å². The smallest absolute Gasteiger partial charge is 0.309 e. The van der Waals surface area contributed by atoms with E-state index in [1.54, 1.807) is 11.8 Å². The molecule has 0 aromatic heterocycles. The number of para-hydroxylation sites is 1. The molecule has 3 unspecified atom stereocenters. The van der Waals surface area contributed by atoms with Gasteiger partial charge in [-0.1, -0.05) is 44.2 Å². The Morgan fingerprint density at radius 3 is 2.59 bits per heavy atom. The van der Waals surface area contributed by atoms with E-state index >= 15 is 0 Å². The molecule has 4 nitrogen and oxygen atoms in total. The van der Waals surface area contributed by atoms with Crippen LogP contribution in [0.5, 0.6) is 5.75 Å². The van der Waals surface area contributed by atoms with Crippen LogP contribution in [0, 0.1) is 11.8 Å². The van der Waals surface area contributed by atoms with Crippen molar-refractivity contribution in [2.24, 2.45) is 11.8 Å². The molecule has 0 saturated heterocycles. The lowest BCUT2D eigenvalue weighted by molar-refractivity contribution is -0.148. The van der Waals surface area contributed by atoms with Crippen molar-refractivity contribution in [1.29, 1.82) is 0 Å². The van der Waals surface area contributed by atoms with Crippen molar-refractivity contribution in [1.82, 2.24) is 0 Å². The third kappa shape index (κ3) is 7.19. The molecule has 1 aromatic rings. The van der Waals surface area contributed by atoms with E-state index in [1.807, 2.05) is 38.1 Å². The number of rotatable bonds is 11. The quantitative estimate of drug-likeness (QED) is 0.275. The van der Waals surface area contributed by atoms with E-state index in [9.17, 15) is 9.36 Å². The normalized spacial score (nSPS) is 17.7. The summed E-state index contributed by atoms with van der Waals surface area (Å²) in [4.78, 5) is 13.7. The highest BCUT2D eigenvalue weighted by Crippen LogP contribution is 2.37. The van der Waals surface area contributed by atoms with Crippen LogP contribution >= 0.6 is 20.2 Å². The van der Waals surface area contributed by atoms with E-state index in [0.29, 0.717) is 24.9 Å². The predicted octanol–water partition coefficient (Wildman–Crippen LogP) is 5.45. The van der Waals surface area contributed by atoms with Crippen LogP contribution in [0.2, 0.25) is 0 Å². The minimum atomic E-state index is -1.05. The van der Waals surface area contributed by atoms with E-state index in [4.69, 9.17) is 9.47 Å². The predicted molar refractivity (Wildman–Crippen MR) is 114 cm³/mol. The highest BCUT2D eigenvalue weighted by Gasteiger charge is 2.32. The summed E-state index contributed by atoms with van der Waals surface area (Å²) in [5.74, 6) is 1.63. The third-order valence-electron chi connectivity index (χ3n) is 5.17. The molecule has 0 radical (unpaired) electrons. The van der Waals surface area contributed by atoms with E-state index in [2.05, 4.69) is 0 Å². The fourth-order valence-corrected chi connectivity index (χ4v) is 5.91. The van der Waals surface area contributed by atoms with E-state index in [0.717, 1.165) is 17.1 Å². The van der Waals surface area contributed by atoms with E-state index in [-0.39, 0.29) is 17.5 Å². The van der Waals surface area contributed by atoms with Gasteiger partial charge in [0.15, 0.2) is 0 Å². The van der Waals surface area contributed by atoms with Crippen LogP contribution in [0.4, 0.5) is 0 Å². The summed E-state index contributed by atoms with van der Waals surface area (Å²) in [6, 6.07) is 7.91. The highest BCUT2D eigenvalue weighted by molar-refractivity contribution is 7.99. The van der Waals surface area contributed by atoms with Crippen molar-refractivity contribution in [3.63, 3.8) is 0 Å². The van der Waals surface area contributed by atoms with Crippen LogP contribution in [-0.4, -0.2) is 30.6 Å². The lowest BCUT2D eigenvalue weighted by Gasteiger charge is -2.28. The lowest BCUT2D eigenvalue weighted by Crippen LogP contribution is -2.31. The minimum Gasteiger partial charge on any atom is -0.493 e. The molecule has 0 N–H and O–H groups in total. The lowest BCUT2D eigenvalue weighted by atomic mass is 9.82. The summed E-state index contributed by atoms with van der Waals surface area (Å²) < 4.78 is 23.1. The topological polar surface area (TPSA) is 52.6 Å². The average Bonchev–Trinajstić information content (AvgIpc) is 2.70. The zero-order valence-electron chi connectivity index (χ0n) is 16.5. The van der Waals surface area contributed by atoms with Crippen molar-refractivity contribution in [2.45, 2.75) is 62.9 Å². The van der Waals surface area contributed by atoms with Gasteiger partial charge in [0.05, 0.1) is 27.6 Å². The van der Waals surface area contributed by atoms with E-state index in [1.165, 1.54) is 32.1 Å². The molecule has 1 aliphatic rings. The van der Waals surface area contributed by atoms with Crippen LogP contribution in [0.15, 0.2) is 29.2 Å². The number of carbonyl (C=O) groups excluding carboxylic acids is 1. The Bertz CT molecular complexity index is 589. The molecule has 3 atom stereocenters. The summed E-state index contributed by atoms with van der Waals surface area (Å²) in [5.41, 5.74) is -0.134. The first-order valence-corrected chi connectivity index (χ1v) is 12.3. The molecule has 0 bridgehead atoms. The molecular weight excluding hydrogens is 379 g/mol. The van der Waals surface area contributed by atoms with Gasteiger partial charge in [-0.3, -0.25) is 4.79 Å². The SMILES string of the molecule is CCOC(=O)C(CC1CCCCC1)C(CSc1ccccc1OCC)[PH2]=O. The maximum atomic E-state index is 12.6. The molecule has 0 spiro atoms. The molecule has 2 rings (SSSR count). The molecule has 6 heteroatoms. The Morgan fingerprint density at radius 2 is 1.93 bits per heavy atom. The maximum Gasteiger partial charge on any atom is 0.309 e. The number of ether oxygens (including phenoxy) is 2. The van der Waals surface area contributed by atoms with Gasteiger partial charge >= 0.3 is 5.97 Å². The molecule has 1 aromatic carbocycles. The van der Waals surface area contributed by atoms with Crippen molar-refractivity contribution >= 4 is 26.2 Å². The standard InChI is InChI=1S/C21H33O4PS/c1-3-24-18-12-8-9-13-20(18)27-15-19(26-23)17(21(22)25-4-2)14-16-10-6-5-7-11-16/h8-9,12-13,16-17,19H,3-7,10-11,14-15,26H2,1-2H3. The van der Waals surface area contributed by atoms with Crippen molar-refractivity contribution < 1.29 is 18.8 Å². The molecular formula is C21H33O4PS. The number of esters is 1. The van der Waals surface area contributed by atoms with Gasteiger partial charge in [-0.05, 0) is 38.3 Å². The van der Waals surface area contributed by atoms with Crippen LogP contribution in [0.1, 0.15) is 52.4 Å². The number of carbonyl (C=O) groups is 1. The van der Waals surface area contributed by atoms with Gasteiger partial charge in [0.2, 0.25) is 0 Å². The van der Waals surface area contributed by atoms with Crippen LogP contribution in [0.25, 0.3) is 0 Å². The largest absolute Gasteiger partial charge is 0.493 e. The molecule has 0 amide bonds. The third-order valence-corrected chi connectivity index (χ3v) is 7.76. The molecule has 27 heavy (non-hydrogen) atoms. The van der Waals surface area contributed by atoms with Crippen molar-refractivity contribution in [3.05, 3.63) is 24.3 Å². The van der Waals surface area contributed by atoms with Gasteiger partial charge in [0, 0.05) is 16.3 Å². The highest BCUT2D eigenvalue weighted by atomic mass is 32.2. The average molecular weight is 413 g/mol. The van der Waals surface area contributed by atoms with Gasteiger partial charge in [0.1, 0.15) is 5.75 Å². The Hall–Kier alpha value is -0.930. The number of hydrogen-bond donors (Lipinski definition) is 0. The van der Waals surface area contributed by atoms with Crippen LogP contribution in [0.3, 0.4) is 0 Å². The Balaban J connectivity index is 2.06. The second-order valence-corrected chi connectivity index (χ2v) is 9.28. The minimum absolute atomic E-state index is 0.134. The summed E-state index contributed by atoms with van der Waals surface area (Å²) >= 11 is 1.63. The summed E-state index contributed by atoms with van der Waals surface area (Å²) in [7, 11) is -1.05. The molecule has 0 heterocycles. The van der Waals surface area contributed by atoms with Gasteiger partial charge in [-0.2, -0.15) is 0 Å². The zero-order chi connectivity index (χ0) is 19.5. The molecule has 1 aliphatic carbocycles. The summed E-state index contributed by atoms with van der Waals surface area (Å²) in [6.07, 6.45) is 6.94. The summed E-state index contributed by atoms with van der Waals surface area (Å²) in [5, 5.41) is 0. The number of hydrogen-bond acceptors (Lipinski definition) is 5. The second kappa shape index (κ2) is 12.5. The van der Waals surface area contributed by atoms with Gasteiger partial charge in [-0.25, -0.2) is 0 Å². The fourth-order valence-electron chi connectivity index (χ4n) is 3.76. The Morgan fingerprint density at radius 1 is 1.19 bits per heavy atom. The number of benzene rings is 1. The summed E-state index contributed by atoms with van der Waals surface area (Å²) in [6.45, 7) is 4.79. The Kier molecular flexibility index (Phi) is 10.4.